The Morgan fingerprint density at radius 1 is 0.733 bits per heavy atom. The second-order valence-corrected chi connectivity index (χ2v) is 8.91. The first kappa shape index (κ1) is 26.3. The van der Waals surface area contributed by atoms with E-state index in [0.717, 1.165) is 0 Å². The van der Waals surface area contributed by atoms with Gasteiger partial charge in [0.2, 0.25) is 0 Å². The molecular formula is C21H36O9. The zero-order chi connectivity index (χ0) is 23.0. The third kappa shape index (κ3) is 8.57. The molecule has 0 aromatic carbocycles. The Balaban J connectivity index is 3.16. The summed E-state index contributed by atoms with van der Waals surface area (Å²) in [4.78, 5) is 36.8. The zero-order valence-corrected chi connectivity index (χ0v) is 18.7. The normalized spacial score (nSPS) is 26.7. The third-order valence-electron chi connectivity index (χ3n) is 4.32. The monoisotopic (exact) mass is 432 g/mol. The van der Waals surface area contributed by atoms with Gasteiger partial charge in [0.25, 0.3) is 0 Å². The molecule has 2 N–H and O–H groups in total. The molecule has 1 aliphatic heterocycles. The van der Waals surface area contributed by atoms with E-state index in [-0.39, 0.29) is 37.0 Å². The lowest BCUT2D eigenvalue weighted by atomic mass is 9.97. The number of carbonyl (C=O) groups excluding carboxylic acids is 3. The summed E-state index contributed by atoms with van der Waals surface area (Å²) >= 11 is 0. The molecule has 30 heavy (non-hydrogen) atoms. The van der Waals surface area contributed by atoms with Crippen molar-refractivity contribution in [1.29, 1.82) is 0 Å². The predicted octanol–water partition coefficient (Wildman–Crippen LogP) is 1.57. The van der Waals surface area contributed by atoms with Crippen LogP contribution in [0.1, 0.15) is 60.8 Å². The highest BCUT2D eigenvalue weighted by molar-refractivity contribution is 5.72. The molecule has 0 aromatic rings. The summed E-state index contributed by atoms with van der Waals surface area (Å²) in [6, 6.07) is 0. The van der Waals surface area contributed by atoms with Gasteiger partial charge in [-0.3, -0.25) is 14.4 Å². The van der Waals surface area contributed by atoms with Gasteiger partial charge in [0.15, 0.2) is 24.6 Å². The molecular weight excluding hydrogens is 396 g/mol. The van der Waals surface area contributed by atoms with Gasteiger partial charge in [0.05, 0.1) is 6.61 Å². The number of hydrogen-bond acceptors (Lipinski definition) is 9. The topological polar surface area (TPSA) is 129 Å². The molecule has 9 heteroatoms. The number of esters is 3. The van der Waals surface area contributed by atoms with Crippen molar-refractivity contribution in [2.24, 2.45) is 17.8 Å². The molecule has 0 aliphatic carbocycles. The van der Waals surface area contributed by atoms with Crippen LogP contribution in [-0.2, 0) is 33.3 Å². The maximum Gasteiger partial charge on any atom is 0.306 e. The van der Waals surface area contributed by atoms with Gasteiger partial charge in [-0.1, -0.05) is 41.5 Å². The summed E-state index contributed by atoms with van der Waals surface area (Å²) in [5.41, 5.74) is 0. The van der Waals surface area contributed by atoms with Gasteiger partial charge >= 0.3 is 17.9 Å². The van der Waals surface area contributed by atoms with Crippen LogP contribution in [0.4, 0.5) is 0 Å². The molecule has 174 valence electrons. The van der Waals surface area contributed by atoms with Gasteiger partial charge in [-0.25, -0.2) is 0 Å². The average molecular weight is 433 g/mol. The summed E-state index contributed by atoms with van der Waals surface area (Å²) in [6.45, 7) is 10.4. The SMILES string of the molecule is CC(C)CC(=O)OC1[C@@H](OC(=O)CC(C)C)[C@@H](O)O[C@H](CO)[C@H]1OC(=O)CC(C)C. The minimum Gasteiger partial charge on any atom is -0.455 e. The molecule has 0 saturated carbocycles. The predicted molar refractivity (Wildman–Crippen MR) is 106 cm³/mol. The van der Waals surface area contributed by atoms with Crippen LogP contribution < -0.4 is 0 Å². The molecule has 1 heterocycles. The van der Waals surface area contributed by atoms with Crippen molar-refractivity contribution >= 4 is 17.9 Å². The van der Waals surface area contributed by atoms with Crippen LogP contribution in [0.15, 0.2) is 0 Å². The average Bonchev–Trinajstić information content (AvgIpc) is 2.57. The molecule has 5 atom stereocenters. The Hall–Kier alpha value is -1.71. The molecule has 1 rings (SSSR count). The van der Waals surface area contributed by atoms with Crippen molar-refractivity contribution in [3.05, 3.63) is 0 Å². The standard InChI is InChI=1S/C21H36O9/c1-11(2)7-15(23)28-18-14(10-22)27-21(26)20(30-17(25)9-13(5)6)19(18)29-16(24)8-12(3)4/h11-14,18-22,26H,7-10H2,1-6H3/t14-,18-,19?,20-,21+/m1/s1. The molecule has 0 amide bonds. The van der Waals surface area contributed by atoms with Crippen molar-refractivity contribution in [1.82, 2.24) is 0 Å². The second-order valence-electron chi connectivity index (χ2n) is 8.91. The van der Waals surface area contributed by atoms with E-state index in [2.05, 4.69) is 0 Å². The molecule has 1 saturated heterocycles. The van der Waals surface area contributed by atoms with Gasteiger partial charge in [-0.2, -0.15) is 0 Å². The molecule has 0 aromatic heterocycles. The summed E-state index contributed by atoms with van der Waals surface area (Å²) in [5.74, 6) is -1.77. The summed E-state index contributed by atoms with van der Waals surface area (Å²) < 4.78 is 21.6. The number of carbonyl (C=O) groups is 3. The maximum atomic E-state index is 12.4. The van der Waals surface area contributed by atoms with E-state index >= 15 is 0 Å². The first-order valence-electron chi connectivity index (χ1n) is 10.5. The Kier molecular flexibility index (Phi) is 10.7. The third-order valence-corrected chi connectivity index (χ3v) is 4.32. The van der Waals surface area contributed by atoms with Crippen LogP contribution in [0.25, 0.3) is 0 Å². The lowest BCUT2D eigenvalue weighted by Crippen LogP contribution is -2.62. The van der Waals surface area contributed by atoms with E-state index in [9.17, 15) is 24.6 Å². The minimum atomic E-state index is -1.66. The van der Waals surface area contributed by atoms with Crippen molar-refractivity contribution in [2.75, 3.05) is 6.61 Å². The summed E-state index contributed by atoms with van der Waals surface area (Å²) in [7, 11) is 0. The molecule has 1 fully saturated rings. The van der Waals surface area contributed by atoms with Crippen molar-refractivity contribution in [3.63, 3.8) is 0 Å². The number of ether oxygens (including phenoxy) is 4. The van der Waals surface area contributed by atoms with Gasteiger partial charge in [-0.05, 0) is 17.8 Å². The van der Waals surface area contributed by atoms with Gasteiger partial charge < -0.3 is 29.2 Å². The quantitative estimate of drug-likeness (QED) is 0.390. The van der Waals surface area contributed by atoms with Crippen LogP contribution in [0.2, 0.25) is 0 Å². The molecule has 0 bridgehead atoms. The van der Waals surface area contributed by atoms with Crippen LogP contribution in [-0.4, -0.2) is 65.4 Å². The van der Waals surface area contributed by atoms with E-state index in [1.807, 2.05) is 41.5 Å². The molecule has 9 nitrogen and oxygen atoms in total. The summed E-state index contributed by atoms with van der Waals surface area (Å²) in [5, 5.41) is 20.1. The maximum absolute atomic E-state index is 12.4. The lowest BCUT2D eigenvalue weighted by Gasteiger charge is -2.42. The molecule has 1 aliphatic rings. The number of rotatable bonds is 10. The van der Waals surface area contributed by atoms with Gasteiger partial charge in [0, 0.05) is 19.3 Å². The van der Waals surface area contributed by atoms with Gasteiger partial charge in [0.1, 0.15) is 6.10 Å². The highest BCUT2D eigenvalue weighted by Gasteiger charge is 2.51. The van der Waals surface area contributed by atoms with Crippen LogP contribution >= 0.6 is 0 Å². The lowest BCUT2D eigenvalue weighted by molar-refractivity contribution is -0.296. The zero-order valence-electron chi connectivity index (χ0n) is 18.7. The fourth-order valence-corrected chi connectivity index (χ4v) is 3.04. The summed E-state index contributed by atoms with van der Waals surface area (Å²) in [6.07, 6.45) is -6.49. The van der Waals surface area contributed by atoms with E-state index in [1.165, 1.54) is 0 Å². The van der Waals surface area contributed by atoms with E-state index in [4.69, 9.17) is 18.9 Å². The number of aliphatic hydroxyl groups is 2. The molecule has 0 radical (unpaired) electrons. The fraction of sp³-hybridized carbons (Fsp3) is 0.857. The Labute approximate surface area is 178 Å². The Bertz CT molecular complexity index is 573. The fourth-order valence-electron chi connectivity index (χ4n) is 3.04. The smallest absolute Gasteiger partial charge is 0.306 e. The van der Waals surface area contributed by atoms with Crippen molar-refractivity contribution in [2.45, 2.75) is 91.5 Å². The highest BCUT2D eigenvalue weighted by Crippen LogP contribution is 2.29. The van der Waals surface area contributed by atoms with Crippen LogP contribution in [0, 0.1) is 17.8 Å². The Morgan fingerprint density at radius 3 is 1.47 bits per heavy atom. The van der Waals surface area contributed by atoms with Crippen molar-refractivity contribution < 1.29 is 43.5 Å². The molecule has 1 unspecified atom stereocenters. The first-order chi connectivity index (χ1) is 13.9. The van der Waals surface area contributed by atoms with Gasteiger partial charge in [-0.15, -0.1) is 0 Å². The minimum absolute atomic E-state index is 0.000199. The Morgan fingerprint density at radius 2 is 1.10 bits per heavy atom. The second kappa shape index (κ2) is 12.2. The highest BCUT2D eigenvalue weighted by atomic mass is 16.7. The van der Waals surface area contributed by atoms with E-state index in [0.29, 0.717) is 0 Å². The van der Waals surface area contributed by atoms with E-state index in [1.54, 1.807) is 0 Å². The number of aliphatic hydroxyl groups excluding tert-OH is 2. The van der Waals surface area contributed by atoms with E-state index < -0.39 is 55.2 Å². The number of hydrogen-bond donors (Lipinski definition) is 2. The van der Waals surface area contributed by atoms with Crippen LogP contribution in [0.5, 0.6) is 0 Å². The van der Waals surface area contributed by atoms with Crippen molar-refractivity contribution in [3.8, 4) is 0 Å². The van der Waals surface area contributed by atoms with Crippen LogP contribution in [0.3, 0.4) is 0 Å². The first-order valence-corrected chi connectivity index (χ1v) is 10.5. The molecule has 0 spiro atoms. The largest absolute Gasteiger partial charge is 0.455 e.